The summed E-state index contributed by atoms with van der Waals surface area (Å²) in [5.74, 6) is -2.09. The molecule has 0 radical (unpaired) electrons. The van der Waals surface area contributed by atoms with Crippen molar-refractivity contribution in [1.82, 2.24) is 10.6 Å². The smallest absolute Gasteiger partial charge is 0.326 e. The molecule has 114 valence electrons. The molecule has 1 atom stereocenters. The molecule has 4 N–H and O–H groups in total. The van der Waals surface area contributed by atoms with E-state index in [1.54, 1.807) is 24.3 Å². The minimum absolute atomic E-state index is 0.155. The first kappa shape index (κ1) is 16.3. The molecule has 21 heavy (non-hydrogen) atoms. The van der Waals surface area contributed by atoms with Gasteiger partial charge in [0, 0.05) is 6.54 Å². The fourth-order valence-electron chi connectivity index (χ4n) is 1.55. The van der Waals surface area contributed by atoms with Crippen LogP contribution >= 0.6 is 0 Å². The van der Waals surface area contributed by atoms with Crippen molar-refractivity contribution in [1.29, 1.82) is 0 Å². The van der Waals surface area contributed by atoms with Crippen LogP contribution in [0.15, 0.2) is 24.3 Å². The van der Waals surface area contributed by atoms with Crippen molar-refractivity contribution < 1.29 is 29.3 Å². The lowest BCUT2D eigenvalue weighted by molar-refractivity contribution is -0.145. The maximum absolute atomic E-state index is 11.6. The SMILES string of the molecule is COc1cccc(CNC(=O)N[C@H](CC(=O)O)C(=O)O)c1. The molecule has 8 heteroatoms. The standard InChI is InChI=1S/C13H16N2O6/c1-21-9-4-2-3-8(5-9)7-14-13(20)15-10(12(18)19)6-11(16)17/h2-5,10H,6-7H2,1H3,(H,16,17)(H,18,19)(H2,14,15,20)/t10-/m1/s1. The van der Waals surface area contributed by atoms with E-state index in [2.05, 4.69) is 10.6 Å². The molecule has 0 fully saturated rings. The van der Waals surface area contributed by atoms with Crippen LogP contribution in [0.1, 0.15) is 12.0 Å². The molecule has 0 bridgehead atoms. The third-order valence-electron chi connectivity index (χ3n) is 2.57. The predicted molar refractivity (Wildman–Crippen MR) is 72.0 cm³/mol. The number of methoxy groups -OCH3 is 1. The van der Waals surface area contributed by atoms with Crippen molar-refractivity contribution in [3.63, 3.8) is 0 Å². The van der Waals surface area contributed by atoms with Crippen molar-refractivity contribution in [2.24, 2.45) is 0 Å². The number of carboxylic acids is 2. The van der Waals surface area contributed by atoms with Crippen molar-refractivity contribution in [2.45, 2.75) is 19.0 Å². The minimum atomic E-state index is -1.48. The molecule has 0 saturated carbocycles. The van der Waals surface area contributed by atoms with Gasteiger partial charge in [-0.05, 0) is 17.7 Å². The monoisotopic (exact) mass is 296 g/mol. The Morgan fingerprint density at radius 3 is 2.57 bits per heavy atom. The highest BCUT2D eigenvalue weighted by Gasteiger charge is 2.22. The summed E-state index contributed by atoms with van der Waals surface area (Å²) in [4.78, 5) is 32.9. The second-order valence-electron chi connectivity index (χ2n) is 4.17. The van der Waals surface area contributed by atoms with Gasteiger partial charge in [-0.2, -0.15) is 0 Å². The van der Waals surface area contributed by atoms with Crippen LogP contribution in [0.25, 0.3) is 0 Å². The van der Waals surface area contributed by atoms with Crippen molar-refractivity contribution in [3.05, 3.63) is 29.8 Å². The van der Waals surface area contributed by atoms with Gasteiger partial charge in [0.15, 0.2) is 0 Å². The summed E-state index contributed by atoms with van der Waals surface area (Å²) in [5.41, 5.74) is 0.759. The minimum Gasteiger partial charge on any atom is -0.497 e. The van der Waals surface area contributed by atoms with Crippen molar-refractivity contribution in [3.8, 4) is 5.75 Å². The average molecular weight is 296 g/mol. The van der Waals surface area contributed by atoms with Gasteiger partial charge >= 0.3 is 18.0 Å². The molecule has 0 aliphatic rings. The molecular formula is C13H16N2O6. The highest BCUT2D eigenvalue weighted by atomic mass is 16.5. The second kappa shape index (κ2) is 7.73. The van der Waals surface area contributed by atoms with Crippen LogP contribution < -0.4 is 15.4 Å². The summed E-state index contributed by atoms with van der Waals surface area (Å²) < 4.78 is 5.03. The van der Waals surface area contributed by atoms with E-state index >= 15 is 0 Å². The Bertz CT molecular complexity index is 531. The van der Waals surface area contributed by atoms with E-state index in [1.807, 2.05) is 0 Å². The van der Waals surface area contributed by atoms with E-state index in [4.69, 9.17) is 14.9 Å². The van der Waals surface area contributed by atoms with Gasteiger partial charge in [0.05, 0.1) is 13.5 Å². The topological polar surface area (TPSA) is 125 Å². The quantitative estimate of drug-likeness (QED) is 0.578. The van der Waals surface area contributed by atoms with Gasteiger partial charge in [-0.1, -0.05) is 12.1 Å². The average Bonchev–Trinajstić information content (AvgIpc) is 2.44. The molecule has 1 aromatic rings. The molecule has 0 aromatic heterocycles. The Balaban J connectivity index is 2.52. The Labute approximate surface area is 120 Å². The number of amides is 2. The van der Waals surface area contributed by atoms with E-state index in [1.165, 1.54) is 7.11 Å². The number of nitrogens with one attached hydrogen (secondary N) is 2. The molecule has 0 unspecified atom stereocenters. The summed E-state index contributed by atoms with van der Waals surface area (Å²) in [6.07, 6.45) is -0.693. The first-order valence-corrected chi connectivity index (χ1v) is 6.04. The van der Waals surface area contributed by atoms with Crippen LogP contribution in [-0.2, 0) is 16.1 Å². The number of carboxylic acid groups (broad SMARTS) is 2. The summed E-state index contributed by atoms with van der Waals surface area (Å²) >= 11 is 0. The summed E-state index contributed by atoms with van der Waals surface area (Å²) in [7, 11) is 1.52. The Kier molecular flexibility index (Phi) is 5.99. The molecule has 0 heterocycles. The fraction of sp³-hybridized carbons (Fsp3) is 0.308. The predicted octanol–water partition coefficient (Wildman–Crippen LogP) is 0.422. The van der Waals surface area contributed by atoms with Crippen LogP contribution in [0.4, 0.5) is 4.79 Å². The number of urea groups is 1. The number of carbonyl (C=O) groups excluding carboxylic acids is 1. The highest BCUT2D eigenvalue weighted by Crippen LogP contribution is 2.12. The maximum Gasteiger partial charge on any atom is 0.326 e. The van der Waals surface area contributed by atoms with Crippen molar-refractivity contribution in [2.75, 3.05) is 7.11 Å². The van der Waals surface area contributed by atoms with Gasteiger partial charge in [0.2, 0.25) is 0 Å². The molecule has 0 saturated heterocycles. The number of carbonyl (C=O) groups is 3. The third kappa shape index (κ3) is 5.81. The summed E-state index contributed by atoms with van der Waals surface area (Å²) in [6.45, 7) is 0.155. The molecule has 1 aromatic carbocycles. The lowest BCUT2D eigenvalue weighted by Crippen LogP contribution is -2.46. The zero-order valence-corrected chi connectivity index (χ0v) is 11.3. The van der Waals surface area contributed by atoms with Crippen LogP contribution in [-0.4, -0.2) is 41.3 Å². The third-order valence-corrected chi connectivity index (χ3v) is 2.57. The van der Waals surface area contributed by atoms with Crippen LogP contribution in [0.3, 0.4) is 0 Å². The molecule has 0 spiro atoms. The number of benzene rings is 1. The lowest BCUT2D eigenvalue weighted by atomic mass is 10.2. The van der Waals surface area contributed by atoms with Crippen molar-refractivity contribution >= 4 is 18.0 Å². The van der Waals surface area contributed by atoms with Gasteiger partial charge in [0.25, 0.3) is 0 Å². The Morgan fingerprint density at radius 1 is 1.29 bits per heavy atom. The van der Waals surface area contributed by atoms with Gasteiger partial charge < -0.3 is 25.6 Å². The summed E-state index contributed by atoms with van der Waals surface area (Å²) in [6, 6.07) is 4.73. The van der Waals surface area contributed by atoms with E-state index in [-0.39, 0.29) is 6.54 Å². The maximum atomic E-state index is 11.6. The van der Waals surface area contributed by atoms with Gasteiger partial charge in [-0.25, -0.2) is 9.59 Å². The first-order chi connectivity index (χ1) is 9.92. The Hall–Kier alpha value is -2.77. The number of rotatable bonds is 7. The molecule has 0 aliphatic heterocycles. The van der Waals surface area contributed by atoms with Gasteiger partial charge in [-0.3, -0.25) is 4.79 Å². The molecule has 8 nitrogen and oxygen atoms in total. The highest BCUT2D eigenvalue weighted by molar-refractivity contribution is 5.86. The first-order valence-electron chi connectivity index (χ1n) is 6.04. The lowest BCUT2D eigenvalue weighted by Gasteiger charge is -2.13. The van der Waals surface area contributed by atoms with Crippen LogP contribution in [0.2, 0.25) is 0 Å². The van der Waals surface area contributed by atoms with E-state index in [0.717, 1.165) is 5.56 Å². The second-order valence-corrected chi connectivity index (χ2v) is 4.17. The molecule has 1 rings (SSSR count). The van der Waals surface area contributed by atoms with Gasteiger partial charge in [0.1, 0.15) is 11.8 Å². The van der Waals surface area contributed by atoms with E-state index in [0.29, 0.717) is 5.75 Å². The normalized spacial score (nSPS) is 11.3. The molecule has 0 aliphatic carbocycles. The van der Waals surface area contributed by atoms with E-state index in [9.17, 15) is 14.4 Å². The Morgan fingerprint density at radius 2 is 2.00 bits per heavy atom. The zero-order valence-electron chi connectivity index (χ0n) is 11.3. The largest absolute Gasteiger partial charge is 0.497 e. The fourth-order valence-corrected chi connectivity index (χ4v) is 1.55. The van der Waals surface area contributed by atoms with Gasteiger partial charge in [-0.15, -0.1) is 0 Å². The number of hydrogen-bond donors (Lipinski definition) is 4. The van der Waals surface area contributed by atoms with Crippen LogP contribution in [0, 0.1) is 0 Å². The zero-order chi connectivity index (χ0) is 15.8. The number of aliphatic carboxylic acids is 2. The van der Waals surface area contributed by atoms with Crippen LogP contribution in [0.5, 0.6) is 5.75 Å². The number of hydrogen-bond acceptors (Lipinski definition) is 4. The van der Waals surface area contributed by atoms with E-state index < -0.39 is 30.4 Å². The number of ether oxygens (including phenoxy) is 1. The molecule has 2 amide bonds. The molecular weight excluding hydrogens is 280 g/mol. The summed E-state index contributed by atoms with van der Waals surface area (Å²) in [5, 5.41) is 21.9.